The van der Waals surface area contributed by atoms with Gasteiger partial charge in [-0.05, 0) is 57.6 Å². The summed E-state index contributed by atoms with van der Waals surface area (Å²) in [7, 11) is 0. The number of hydrogen-bond donors (Lipinski definition) is 2. The van der Waals surface area contributed by atoms with Crippen LogP contribution in [0.1, 0.15) is 65.0 Å². The molecule has 1 fully saturated rings. The molecular weight excluding hydrogens is 350 g/mol. The molecule has 5 nitrogen and oxygen atoms in total. The van der Waals surface area contributed by atoms with Crippen molar-refractivity contribution in [3.8, 4) is 0 Å². The van der Waals surface area contributed by atoms with Crippen molar-refractivity contribution in [2.75, 3.05) is 6.54 Å². The Morgan fingerprint density at radius 3 is 2.64 bits per heavy atom. The molecule has 2 N–H and O–H groups in total. The highest BCUT2D eigenvalue weighted by Gasteiger charge is 2.52. The normalized spacial score (nSPS) is 26.1. The Labute approximate surface area is 169 Å². The van der Waals surface area contributed by atoms with E-state index >= 15 is 0 Å². The van der Waals surface area contributed by atoms with Crippen LogP contribution < -0.4 is 10.6 Å². The van der Waals surface area contributed by atoms with Crippen LogP contribution in [0.5, 0.6) is 0 Å². The van der Waals surface area contributed by atoms with Gasteiger partial charge in [0.25, 0.3) is 0 Å². The number of rotatable bonds is 4. The van der Waals surface area contributed by atoms with E-state index in [1.807, 2.05) is 27.7 Å². The molecule has 3 rings (SSSR count). The van der Waals surface area contributed by atoms with Crippen LogP contribution in [0.4, 0.5) is 0 Å². The third kappa shape index (κ3) is 3.95. The molecule has 154 valence electrons. The van der Waals surface area contributed by atoms with Crippen LogP contribution in [0.25, 0.3) is 0 Å². The van der Waals surface area contributed by atoms with Crippen LogP contribution in [0.15, 0.2) is 24.3 Å². The molecule has 28 heavy (non-hydrogen) atoms. The molecule has 0 aliphatic carbocycles. The number of carbonyl (C=O) groups is 2. The highest BCUT2D eigenvalue weighted by Crippen LogP contribution is 2.39. The minimum Gasteiger partial charge on any atom is -0.350 e. The van der Waals surface area contributed by atoms with Crippen molar-refractivity contribution in [1.82, 2.24) is 15.5 Å². The highest BCUT2D eigenvalue weighted by molar-refractivity contribution is 5.93. The van der Waals surface area contributed by atoms with Crippen LogP contribution in [0.2, 0.25) is 0 Å². The van der Waals surface area contributed by atoms with Gasteiger partial charge in [-0.15, -0.1) is 0 Å². The van der Waals surface area contributed by atoms with Crippen molar-refractivity contribution in [1.29, 1.82) is 0 Å². The smallest absolute Gasteiger partial charge is 0.244 e. The van der Waals surface area contributed by atoms with E-state index < -0.39 is 11.6 Å². The molecular formula is C23H35N3O2. The zero-order valence-electron chi connectivity index (χ0n) is 18.0. The van der Waals surface area contributed by atoms with Gasteiger partial charge in [0.05, 0.1) is 0 Å². The summed E-state index contributed by atoms with van der Waals surface area (Å²) < 4.78 is 0. The van der Waals surface area contributed by atoms with Crippen LogP contribution in [0, 0.1) is 5.92 Å². The van der Waals surface area contributed by atoms with Crippen LogP contribution >= 0.6 is 0 Å². The maximum absolute atomic E-state index is 13.8. The van der Waals surface area contributed by atoms with E-state index in [2.05, 4.69) is 41.8 Å². The van der Waals surface area contributed by atoms with Gasteiger partial charge in [-0.2, -0.15) is 0 Å². The third-order valence-corrected chi connectivity index (χ3v) is 6.22. The second-order valence-corrected chi connectivity index (χ2v) is 9.46. The lowest BCUT2D eigenvalue weighted by molar-refractivity contribution is -0.153. The fraction of sp³-hybridized carbons (Fsp3) is 0.652. The Balaban J connectivity index is 1.89. The van der Waals surface area contributed by atoms with Gasteiger partial charge < -0.3 is 10.2 Å². The summed E-state index contributed by atoms with van der Waals surface area (Å²) in [6, 6.07) is 7.91. The van der Waals surface area contributed by atoms with Gasteiger partial charge >= 0.3 is 0 Å². The molecule has 0 radical (unpaired) electrons. The summed E-state index contributed by atoms with van der Waals surface area (Å²) in [5.41, 5.74) is 1.62. The van der Waals surface area contributed by atoms with Gasteiger partial charge in [0.2, 0.25) is 11.8 Å². The van der Waals surface area contributed by atoms with E-state index in [1.54, 1.807) is 4.90 Å². The predicted molar refractivity (Wildman–Crippen MR) is 112 cm³/mol. The predicted octanol–water partition coefficient (Wildman–Crippen LogP) is 3.02. The summed E-state index contributed by atoms with van der Waals surface area (Å²) in [5, 5.41) is 6.65. The van der Waals surface area contributed by atoms with Crippen LogP contribution in [-0.4, -0.2) is 40.4 Å². The molecule has 2 heterocycles. The summed E-state index contributed by atoms with van der Waals surface area (Å²) in [4.78, 5) is 28.3. The maximum Gasteiger partial charge on any atom is 0.244 e. The Morgan fingerprint density at radius 2 is 2.00 bits per heavy atom. The number of piperidine rings is 1. The maximum atomic E-state index is 13.8. The van der Waals surface area contributed by atoms with Gasteiger partial charge in [-0.3, -0.25) is 14.9 Å². The molecule has 1 saturated heterocycles. The molecule has 3 unspecified atom stereocenters. The quantitative estimate of drug-likeness (QED) is 0.837. The molecule has 0 bridgehead atoms. The number of nitrogens with zero attached hydrogens (tertiary/aromatic N) is 1. The highest BCUT2D eigenvalue weighted by atomic mass is 16.2. The number of benzene rings is 1. The zero-order chi connectivity index (χ0) is 20.5. The first kappa shape index (κ1) is 20.8. The lowest BCUT2D eigenvalue weighted by Crippen LogP contribution is -2.70. The number of hydrogen-bond acceptors (Lipinski definition) is 3. The number of likely N-dealkylation sites (tertiary alicyclic amines) is 1. The summed E-state index contributed by atoms with van der Waals surface area (Å²) in [5.74, 6) is 0.303. The van der Waals surface area contributed by atoms with Crippen molar-refractivity contribution in [3.05, 3.63) is 35.4 Å². The first-order valence-corrected chi connectivity index (χ1v) is 10.6. The SMILES string of the molecule is CCCC1CCN(C(C)C(=O)NC(C)(C)C)C(=O)C12Cc1ccccc1CN2. The van der Waals surface area contributed by atoms with Crippen molar-refractivity contribution >= 4 is 11.8 Å². The standard InChI is InChI=1S/C23H35N3O2/c1-6-9-19-12-13-26(16(2)20(27)25-22(3,4)5)21(28)23(19)14-17-10-7-8-11-18(17)15-24-23/h7-8,10-11,16,19,24H,6,9,12-15H2,1-5H3,(H,25,27). The lowest BCUT2D eigenvalue weighted by atomic mass is 9.69. The average Bonchev–Trinajstić information content (AvgIpc) is 2.64. The van der Waals surface area contributed by atoms with Gasteiger partial charge in [-0.1, -0.05) is 37.6 Å². The molecule has 2 aliphatic rings. The molecule has 3 atom stereocenters. The van der Waals surface area contributed by atoms with Crippen molar-refractivity contribution in [3.63, 3.8) is 0 Å². The Kier molecular flexibility index (Phi) is 5.85. The molecule has 2 amide bonds. The number of nitrogens with one attached hydrogen (secondary N) is 2. The fourth-order valence-electron chi connectivity index (χ4n) is 4.76. The molecule has 2 aliphatic heterocycles. The first-order chi connectivity index (χ1) is 13.2. The average molecular weight is 386 g/mol. The molecule has 1 spiro atoms. The van der Waals surface area contributed by atoms with Crippen molar-refractivity contribution < 1.29 is 9.59 Å². The minimum atomic E-state index is -0.598. The molecule has 0 aromatic heterocycles. The topological polar surface area (TPSA) is 61.4 Å². The van der Waals surface area contributed by atoms with Crippen LogP contribution in [0.3, 0.4) is 0 Å². The number of amides is 2. The Hall–Kier alpha value is -1.88. The largest absolute Gasteiger partial charge is 0.350 e. The minimum absolute atomic E-state index is 0.0823. The summed E-state index contributed by atoms with van der Waals surface area (Å²) >= 11 is 0. The zero-order valence-corrected chi connectivity index (χ0v) is 18.0. The Bertz CT molecular complexity index is 740. The summed E-state index contributed by atoms with van der Waals surface area (Å²) in [6.45, 7) is 11.3. The first-order valence-electron chi connectivity index (χ1n) is 10.6. The van der Waals surface area contributed by atoms with E-state index in [1.165, 1.54) is 11.1 Å². The van der Waals surface area contributed by atoms with Gasteiger partial charge in [-0.25, -0.2) is 0 Å². The molecule has 0 saturated carbocycles. The van der Waals surface area contributed by atoms with Crippen LogP contribution in [-0.2, 0) is 22.6 Å². The second kappa shape index (κ2) is 7.86. The van der Waals surface area contributed by atoms with E-state index in [0.29, 0.717) is 25.4 Å². The lowest BCUT2D eigenvalue weighted by Gasteiger charge is -2.51. The molecule has 5 heteroatoms. The molecule has 1 aromatic carbocycles. The number of fused-ring (bicyclic) bond motifs is 1. The third-order valence-electron chi connectivity index (χ3n) is 6.22. The van der Waals surface area contributed by atoms with Gasteiger partial charge in [0, 0.05) is 25.0 Å². The summed E-state index contributed by atoms with van der Waals surface area (Å²) in [6.07, 6.45) is 3.72. The number of carbonyl (C=O) groups excluding carboxylic acids is 2. The second-order valence-electron chi connectivity index (χ2n) is 9.46. The molecule has 1 aromatic rings. The van der Waals surface area contributed by atoms with E-state index in [0.717, 1.165) is 19.3 Å². The van der Waals surface area contributed by atoms with E-state index in [-0.39, 0.29) is 17.4 Å². The monoisotopic (exact) mass is 385 g/mol. The van der Waals surface area contributed by atoms with Crippen molar-refractivity contribution in [2.45, 2.75) is 84.0 Å². The van der Waals surface area contributed by atoms with E-state index in [4.69, 9.17) is 0 Å². The fourth-order valence-corrected chi connectivity index (χ4v) is 4.76. The van der Waals surface area contributed by atoms with Gasteiger partial charge in [0.1, 0.15) is 11.6 Å². The van der Waals surface area contributed by atoms with Crippen molar-refractivity contribution in [2.24, 2.45) is 5.92 Å². The van der Waals surface area contributed by atoms with Gasteiger partial charge in [0.15, 0.2) is 0 Å². The van der Waals surface area contributed by atoms with E-state index in [9.17, 15) is 9.59 Å². The Morgan fingerprint density at radius 1 is 1.32 bits per heavy atom.